The van der Waals surface area contributed by atoms with Gasteiger partial charge in [0.05, 0.1) is 0 Å². The summed E-state index contributed by atoms with van der Waals surface area (Å²) in [7, 11) is 0. The zero-order valence-electron chi connectivity index (χ0n) is 14.6. The largest absolute Gasteiger partial charge is 0.356 e. The van der Waals surface area contributed by atoms with Gasteiger partial charge in [0.1, 0.15) is 0 Å². The van der Waals surface area contributed by atoms with E-state index in [0.29, 0.717) is 18.3 Å². The number of carbonyl (C=O) groups excluding carboxylic acids is 1. The Morgan fingerprint density at radius 3 is 2.62 bits per heavy atom. The second kappa shape index (κ2) is 8.63. The molecule has 3 N–H and O–H groups in total. The first kappa shape index (κ1) is 17.4. The zero-order chi connectivity index (χ0) is 16.8. The van der Waals surface area contributed by atoms with Crippen molar-refractivity contribution in [3.63, 3.8) is 0 Å². The van der Waals surface area contributed by atoms with Crippen molar-refractivity contribution in [2.45, 2.75) is 50.5 Å². The molecule has 2 aliphatic rings. The van der Waals surface area contributed by atoms with Crippen molar-refractivity contribution >= 4 is 5.91 Å². The number of nitrogens with zero attached hydrogens (tertiary/aromatic N) is 1. The average Bonchev–Trinajstić information content (AvgIpc) is 3.00. The quantitative estimate of drug-likeness (QED) is 0.843. The number of hydrogen-bond donors (Lipinski definition) is 2. The van der Waals surface area contributed by atoms with Crippen molar-refractivity contribution in [3.05, 3.63) is 35.9 Å². The Balaban J connectivity index is 1.38. The Morgan fingerprint density at radius 1 is 1.12 bits per heavy atom. The van der Waals surface area contributed by atoms with Gasteiger partial charge < -0.3 is 16.0 Å². The summed E-state index contributed by atoms with van der Waals surface area (Å²) in [5.74, 6) is 1.28. The third kappa shape index (κ3) is 4.81. The number of amides is 1. The van der Waals surface area contributed by atoms with E-state index in [1.807, 2.05) is 6.07 Å². The van der Waals surface area contributed by atoms with Gasteiger partial charge >= 0.3 is 0 Å². The van der Waals surface area contributed by atoms with Gasteiger partial charge in [-0.05, 0) is 24.3 Å². The van der Waals surface area contributed by atoms with Crippen LogP contribution in [-0.2, 0) is 4.79 Å². The third-order valence-corrected chi connectivity index (χ3v) is 5.64. The molecule has 4 heteroatoms. The molecule has 1 saturated carbocycles. The highest BCUT2D eigenvalue weighted by molar-refractivity contribution is 5.76. The molecular formula is C20H31N3O. The molecule has 2 atom stereocenters. The fraction of sp³-hybridized carbons (Fsp3) is 0.650. The van der Waals surface area contributed by atoms with Crippen LogP contribution in [-0.4, -0.2) is 43.0 Å². The van der Waals surface area contributed by atoms with E-state index in [9.17, 15) is 4.79 Å². The minimum absolute atomic E-state index is 0.165. The van der Waals surface area contributed by atoms with Gasteiger partial charge in [0, 0.05) is 44.6 Å². The minimum Gasteiger partial charge on any atom is -0.356 e. The molecule has 4 nitrogen and oxygen atoms in total. The molecule has 1 aliphatic heterocycles. The topological polar surface area (TPSA) is 58.4 Å². The van der Waals surface area contributed by atoms with Gasteiger partial charge in [0.15, 0.2) is 0 Å². The molecule has 1 aliphatic carbocycles. The minimum atomic E-state index is 0.165. The highest BCUT2D eigenvalue weighted by atomic mass is 16.1. The average molecular weight is 329 g/mol. The zero-order valence-corrected chi connectivity index (χ0v) is 14.6. The van der Waals surface area contributed by atoms with Crippen molar-refractivity contribution in [3.8, 4) is 0 Å². The molecule has 1 amide bonds. The smallest absolute Gasteiger partial charge is 0.221 e. The lowest BCUT2D eigenvalue weighted by Crippen LogP contribution is -2.34. The van der Waals surface area contributed by atoms with Crippen LogP contribution in [0.4, 0.5) is 0 Å². The van der Waals surface area contributed by atoms with Gasteiger partial charge in [0.2, 0.25) is 5.91 Å². The van der Waals surface area contributed by atoms with E-state index in [1.54, 1.807) is 0 Å². The van der Waals surface area contributed by atoms with E-state index in [-0.39, 0.29) is 11.9 Å². The summed E-state index contributed by atoms with van der Waals surface area (Å²) in [6.07, 6.45) is 7.16. The second-order valence-electron chi connectivity index (χ2n) is 7.50. The lowest BCUT2D eigenvalue weighted by Gasteiger charge is -2.22. The molecule has 0 aromatic heterocycles. The number of rotatable bonds is 6. The lowest BCUT2D eigenvalue weighted by atomic mass is 9.89. The van der Waals surface area contributed by atoms with E-state index in [2.05, 4.69) is 34.5 Å². The summed E-state index contributed by atoms with van der Waals surface area (Å²) >= 11 is 0. The Labute approximate surface area is 145 Å². The van der Waals surface area contributed by atoms with Crippen molar-refractivity contribution < 1.29 is 4.79 Å². The highest BCUT2D eigenvalue weighted by Gasteiger charge is 2.31. The Kier molecular flexibility index (Phi) is 6.27. The van der Waals surface area contributed by atoms with Gasteiger partial charge in [-0.2, -0.15) is 0 Å². The molecule has 3 rings (SSSR count). The summed E-state index contributed by atoms with van der Waals surface area (Å²) in [5.41, 5.74) is 7.64. The summed E-state index contributed by atoms with van der Waals surface area (Å²) in [6.45, 7) is 3.52. The molecule has 0 unspecified atom stereocenters. The van der Waals surface area contributed by atoms with E-state index in [4.69, 9.17) is 5.73 Å². The van der Waals surface area contributed by atoms with Crippen molar-refractivity contribution in [2.75, 3.05) is 26.2 Å². The highest BCUT2D eigenvalue weighted by Crippen LogP contribution is 2.26. The van der Waals surface area contributed by atoms with E-state index in [1.165, 1.54) is 37.7 Å². The molecule has 1 aromatic carbocycles. The van der Waals surface area contributed by atoms with E-state index in [0.717, 1.165) is 26.2 Å². The molecule has 0 spiro atoms. The first-order valence-electron chi connectivity index (χ1n) is 9.52. The molecule has 0 radical (unpaired) electrons. The maximum absolute atomic E-state index is 12.1. The van der Waals surface area contributed by atoms with Crippen LogP contribution >= 0.6 is 0 Å². The van der Waals surface area contributed by atoms with Crippen LogP contribution in [0.15, 0.2) is 30.3 Å². The van der Waals surface area contributed by atoms with Crippen LogP contribution in [0.3, 0.4) is 0 Å². The number of carbonyl (C=O) groups is 1. The fourth-order valence-corrected chi connectivity index (χ4v) is 4.15. The molecule has 1 heterocycles. The number of hydrogen-bond acceptors (Lipinski definition) is 3. The van der Waals surface area contributed by atoms with Crippen LogP contribution < -0.4 is 11.1 Å². The summed E-state index contributed by atoms with van der Waals surface area (Å²) < 4.78 is 0. The van der Waals surface area contributed by atoms with Gasteiger partial charge in [0.25, 0.3) is 0 Å². The maximum atomic E-state index is 12.1. The van der Waals surface area contributed by atoms with Crippen LogP contribution in [0.5, 0.6) is 0 Å². The van der Waals surface area contributed by atoms with Crippen LogP contribution in [0.1, 0.15) is 50.0 Å². The van der Waals surface area contributed by atoms with Gasteiger partial charge in [-0.1, -0.05) is 49.6 Å². The van der Waals surface area contributed by atoms with E-state index >= 15 is 0 Å². The Bertz CT molecular complexity index is 513. The number of nitrogens with two attached hydrogens (primary N) is 1. The summed E-state index contributed by atoms with van der Waals surface area (Å²) in [5, 5.41) is 3.13. The molecule has 2 fully saturated rings. The number of benzene rings is 1. The Hall–Kier alpha value is -1.39. The summed E-state index contributed by atoms with van der Waals surface area (Å²) in [4.78, 5) is 14.4. The Morgan fingerprint density at radius 2 is 1.88 bits per heavy atom. The van der Waals surface area contributed by atoms with Crippen molar-refractivity contribution in [1.82, 2.24) is 10.2 Å². The number of nitrogens with one attached hydrogen (secondary N) is 1. The molecule has 132 valence electrons. The van der Waals surface area contributed by atoms with Gasteiger partial charge in [-0.3, -0.25) is 4.79 Å². The fourth-order valence-electron chi connectivity index (χ4n) is 4.15. The predicted octanol–water partition coefficient (Wildman–Crippen LogP) is 2.50. The lowest BCUT2D eigenvalue weighted by molar-refractivity contribution is -0.121. The first-order chi connectivity index (χ1) is 11.7. The normalized spacial score (nSPS) is 25.7. The van der Waals surface area contributed by atoms with Crippen molar-refractivity contribution in [2.24, 2.45) is 11.7 Å². The van der Waals surface area contributed by atoms with Crippen LogP contribution in [0.2, 0.25) is 0 Å². The number of likely N-dealkylation sites (tertiary alicyclic amines) is 1. The monoisotopic (exact) mass is 329 g/mol. The van der Waals surface area contributed by atoms with Gasteiger partial charge in [-0.25, -0.2) is 0 Å². The van der Waals surface area contributed by atoms with Crippen LogP contribution in [0, 0.1) is 5.92 Å². The standard InChI is InChI=1S/C20H31N3O/c21-19-15-23(14-18(19)17-9-5-2-6-10-17)12-11-20(24)22-13-16-7-3-1-4-8-16/h2,5-6,9-10,16,18-19H,1,3-4,7-8,11-15,21H2,(H,22,24)/t18-,19+/m0/s1. The third-order valence-electron chi connectivity index (χ3n) is 5.64. The van der Waals surface area contributed by atoms with E-state index < -0.39 is 0 Å². The first-order valence-corrected chi connectivity index (χ1v) is 9.52. The second-order valence-corrected chi connectivity index (χ2v) is 7.50. The summed E-state index contributed by atoms with van der Waals surface area (Å²) in [6, 6.07) is 10.7. The van der Waals surface area contributed by atoms with Crippen LogP contribution in [0.25, 0.3) is 0 Å². The molecule has 0 bridgehead atoms. The van der Waals surface area contributed by atoms with Crippen molar-refractivity contribution in [1.29, 1.82) is 0 Å². The molecule has 1 aromatic rings. The molecule has 24 heavy (non-hydrogen) atoms. The predicted molar refractivity (Wildman–Crippen MR) is 97.8 cm³/mol. The molecule has 1 saturated heterocycles. The molecular weight excluding hydrogens is 298 g/mol. The maximum Gasteiger partial charge on any atom is 0.221 e. The van der Waals surface area contributed by atoms with Gasteiger partial charge in [-0.15, -0.1) is 0 Å². The SMILES string of the molecule is N[C@@H]1CN(CCC(=O)NCC2CCCCC2)C[C@H]1c1ccccc1.